The van der Waals surface area contributed by atoms with Crippen molar-refractivity contribution < 1.29 is 0 Å². The second kappa shape index (κ2) is 7.23. The lowest BCUT2D eigenvalue weighted by atomic mass is 10.1. The summed E-state index contributed by atoms with van der Waals surface area (Å²) in [5.74, 6) is 0. The molecule has 2 rings (SSSR count). The summed E-state index contributed by atoms with van der Waals surface area (Å²) in [5.41, 5.74) is 8.40. The van der Waals surface area contributed by atoms with Gasteiger partial charge in [0.1, 0.15) is 0 Å². The summed E-state index contributed by atoms with van der Waals surface area (Å²) in [4.78, 5) is 2.26. The zero-order valence-corrected chi connectivity index (χ0v) is 13.7. The smallest absolute Gasteiger partial charge is 0.0470 e. The van der Waals surface area contributed by atoms with Gasteiger partial charge in [0, 0.05) is 28.6 Å². The first kappa shape index (κ1) is 15.5. The maximum Gasteiger partial charge on any atom is 0.0470 e. The van der Waals surface area contributed by atoms with Crippen molar-refractivity contribution in [1.29, 1.82) is 0 Å². The van der Waals surface area contributed by atoms with Gasteiger partial charge in [-0.1, -0.05) is 51.8 Å². The van der Waals surface area contributed by atoms with Crippen molar-refractivity contribution >= 4 is 27.5 Å². The second-order valence-corrected chi connectivity index (χ2v) is 6.20. The van der Waals surface area contributed by atoms with Gasteiger partial charge in [-0.15, -0.1) is 0 Å². The highest BCUT2D eigenvalue weighted by atomic mass is 79.9. The van der Waals surface area contributed by atoms with Crippen molar-refractivity contribution in [1.82, 2.24) is 4.90 Å². The highest BCUT2D eigenvalue weighted by molar-refractivity contribution is 9.10. The Hall–Kier alpha value is -0.870. The van der Waals surface area contributed by atoms with Crippen molar-refractivity contribution in [2.75, 3.05) is 13.6 Å². The number of benzene rings is 2. The van der Waals surface area contributed by atoms with Crippen LogP contribution < -0.4 is 5.73 Å². The van der Waals surface area contributed by atoms with Crippen LogP contribution in [0.1, 0.15) is 17.2 Å². The van der Waals surface area contributed by atoms with Gasteiger partial charge in [0.2, 0.25) is 0 Å². The molecule has 20 heavy (non-hydrogen) atoms. The van der Waals surface area contributed by atoms with Crippen LogP contribution in [0.3, 0.4) is 0 Å². The molecular weight excluding hydrogens is 336 g/mol. The average molecular weight is 354 g/mol. The van der Waals surface area contributed by atoms with E-state index < -0.39 is 0 Å². The molecule has 0 aliphatic heterocycles. The molecule has 4 heteroatoms. The Morgan fingerprint density at radius 2 is 1.70 bits per heavy atom. The van der Waals surface area contributed by atoms with Gasteiger partial charge in [0.05, 0.1) is 0 Å². The Bertz CT molecular complexity index is 539. The van der Waals surface area contributed by atoms with Crippen LogP contribution >= 0.6 is 27.5 Å². The van der Waals surface area contributed by atoms with Crippen molar-refractivity contribution in [3.8, 4) is 0 Å². The van der Waals surface area contributed by atoms with Gasteiger partial charge in [-0.25, -0.2) is 0 Å². The summed E-state index contributed by atoms with van der Waals surface area (Å²) in [6.45, 7) is 1.44. The fraction of sp³-hybridized carbons (Fsp3) is 0.250. The van der Waals surface area contributed by atoms with Crippen LogP contribution in [0.4, 0.5) is 0 Å². The van der Waals surface area contributed by atoms with Crippen molar-refractivity contribution in [3.63, 3.8) is 0 Å². The first-order valence-electron chi connectivity index (χ1n) is 6.50. The van der Waals surface area contributed by atoms with Crippen molar-refractivity contribution in [3.05, 3.63) is 69.2 Å². The molecule has 2 nitrogen and oxygen atoms in total. The van der Waals surface area contributed by atoms with E-state index in [1.165, 1.54) is 11.1 Å². The van der Waals surface area contributed by atoms with Gasteiger partial charge in [0.25, 0.3) is 0 Å². The van der Waals surface area contributed by atoms with E-state index in [1.807, 2.05) is 24.3 Å². The molecular formula is C16H18BrClN2. The zero-order valence-electron chi connectivity index (χ0n) is 11.4. The van der Waals surface area contributed by atoms with E-state index in [4.69, 9.17) is 17.3 Å². The summed E-state index contributed by atoms with van der Waals surface area (Å²) in [5, 5.41) is 0.750. The monoisotopic (exact) mass is 352 g/mol. The number of nitrogens with zero attached hydrogens (tertiary/aromatic N) is 1. The normalized spacial score (nSPS) is 12.7. The lowest BCUT2D eigenvalue weighted by Gasteiger charge is -2.27. The average Bonchev–Trinajstić information content (AvgIpc) is 2.44. The van der Waals surface area contributed by atoms with Gasteiger partial charge in [-0.2, -0.15) is 0 Å². The van der Waals surface area contributed by atoms with E-state index in [2.05, 4.69) is 52.1 Å². The molecule has 0 fully saturated rings. The Labute approximate surface area is 133 Å². The summed E-state index contributed by atoms with van der Waals surface area (Å²) >= 11 is 9.39. The fourth-order valence-corrected chi connectivity index (χ4v) is 2.63. The Morgan fingerprint density at radius 3 is 2.25 bits per heavy atom. The Kier molecular flexibility index (Phi) is 5.61. The van der Waals surface area contributed by atoms with Gasteiger partial charge in [-0.3, -0.25) is 4.90 Å². The number of hydrogen-bond acceptors (Lipinski definition) is 2. The molecule has 0 saturated carbocycles. The lowest BCUT2D eigenvalue weighted by Crippen LogP contribution is -2.30. The van der Waals surface area contributed by atoms with E-state index >= 15 is 0 Å². The van der Waals surface area contributed by atoms with Crippen molar-refractivity contribution in [2.45, 2.75) is 12.6 Å². The molecule has 0 saturated heterocycles. The fourth-order valence-electron chi connectivity index (χ4n) is 2.24. The van der Waals surface area contributed by atoms with Crippen molar-refractivity contribution in [2.24, 2.45) is 5.73 Å². The molecule has 0 radical (unpaired) electrons. The first-order chi connectivity index (χ1) is 9.60. The Balaban J connectivity index is 2.10. The molecule has 2 N–H and O–H groups in total. The third-order valence-corrected chi connectivity index (χ3v) is 4.14. The lowest BCUT2D eigenvalue weighted by molar-refractivity contribution is 0.242. The molecule has 0 aromatic heterocycles. The predicted octanol–water partition coefficient (Wildman–Crippen LogP) is 4.23. The minimum absolute atomic E-state index is 0.191. The van der Waals surface area contributed by atoms with Gasteiger partial charge in [-0.05, 0) is 42.4 Å². The van der Waals surface area contributed by atoms with E-state index in [9.17, 15) is 0 Å². The largest absolute Gasteiger partial charge is 0.329 e. The molecule has 106 valence electrons. The maximum atomic E-state index is 5.94. The van der Waals surface area contributed by atoms with Crippen LogP contribution in [0.25, 0.3) is 0 Å². The molecule has 0 spiro atoms. The molecule has 0 bridgehead atoms. The van der Waals surface area contributed by atoms with Crippen LogP contribution in [-0.2, 0) is 6.54 Å². The quantitative estimate of drug-likeness (QED) is 0.871. The van der Waals surface area contributed by atoms with Gasteiger partial charge < -0.3 is 5.73 Å². The molecule has 0 heterocycles. The number of hydrogen-bond donors (Lipinski definition) is 1. The predicted molar refractivity (Wildman–Crippen MR) is 88.9 cm³/mol. The molecule has 1 atom stereocenters. The van der Waals surface area contributed by atoms with E-state index in [0.717, 1.165) is 16.0 Å². The van der Waals surface area contributed by atoms with Crippen LogP contribution in [-0.4, -0.2) is 18.5 Å². The molecule has 1 unspecified atom stereocenters. The third kappa shape index (κ3) is 4.06. The highest BCUT2D eigenvalue weighted by Gasteiger charge is 2.15. The van der Waals surface area contributed by atoms with Crippen LogP contribution in [0.5, 0.6) is 0 Å². The minimum Gasteiger partial charge on any atom is -0.329 e. The maximum absolute atomic E-state index is 5.94. The summed E-state index contributed by atoms with van der Waals surface area (Å²) in [6.07, 6.45) is 0. The summed E-state index contributed by atoms with van der Waals surface area (Å²) < 4.78 is 1.09. The highest BCUT2D eigenvalue weighted by Crippen LogP contribution is 2.22. The number of likely N-dealkylation sites (N-methyl/N-ethyl adjacent to an activating group) is 1. The minimum atomic E-state index is 0.191. The Morgan fingerprint density at radius 1 is 1.10 bits per heavy atom. The molecule has 2 aromatic carbocycles. The van der Waals surface area contributed by atoms with Crippen LogP contribution in [0.2, 0.25) is 5.02 Å². The van der Waals surface area contributed by atoms with E-state index in [1.54, 1.807) is 0 Å². The summed E-state index contributed by atoms with van der Waals surface area (Å²) in [6, 6.07) is 16.4. The molecule has 0 aliphatic carbocycles. The van der Waals surface area contributed by atoms with Gasteiger partial charge >= 0.3 is 0 Å². The topological polar surface area (TPSA) is 29.3 Å². The second-order valence-electron chi connectivity index (χ2n) is 4.84. The molecule has 0 aliphatic rings. The number of halogens is 2. The van der Waals surface area contributed by atoms with Crippen LogP contribution in [0.15, 0.2) is 53.0 Å². The standard InChI is InChI=1S/C16H18BrClN2/c1-20(11-12-2-6-14(17)7-3-12)16(10-19)13-4-8-15(18)9-5-13/h2-9,16H,10-11,19H2,1H3. The molecule has 2 aromatic rings. The SMILES string of the molecule is CN(Cc1ccc(Br)cc1)C(CN)c1ccc(Cl)cc1. The summed E-state index contributed by atoms with van der Waals surface area (Å²) in [7, 11) is 2.09. The molecule has 0 amide bonds. The van der Waals surface area contributed by atoms with E-state index in [-0.39, 0.29) is 6.04 Å². The first-order valence-corrected chi connectivity index (χ1v) is 7.67. The number of rotatable bonds is 5. The van der Waals surface area contributed by atoms with Gasteiger partial charge in [0.15, 0.2) is 0 Å². The zero-order chi connectivity index (χ0) is 14.5. The van der Waals surface area contributed by atoms with Crippen LogP contribution in [0, 0.1) is 0 Å². The third-order valence-electron chi connectivity index (χ3n) is 3.36. The number of nitrogens with two attached hydrogens (primary N) is 1. The van der Waals surface area contributed by atoms with E-state index in [0.29, 0.717) is 6.54 Å².